The summed E-state index contributed by atoms with van der Waals surface area (Å²) in [5.74, 6) is 0.490. The Morgan fingerprint density at radius 3 is 2.33 bits per heavy atom. The Bertz CT molecular complexity index is 1350. The molecule has 0 fully saturated rings. The number of rotatable bonds is 10. The molecule has 9 heteroatoms. The van der Waals surface area contributed by atoms with E-state index in [-0.39, 0.29) is 0 Å². The van der Waals surface area contributed by atoms with Crippen molar-refractivity contribution in [3.63, 3.8) is 0 Å². The topological polar surface area (TPSA) is 93.9 Å². The molecule has 0 saturated heterocycles. The summed E-state index contributed by atoms with van der Waals surface area (Å²) < 4.78 is 5.31. The second kappa shape index (κ2) is 11.8. The Labute approximate surface area is 217 Å². The number of thioether (sulfide) groups is 1. The standard InChI is InChI=1S/C27H25N3O4S2/c1-17-12-18(2)30-27(29-17)35-16-22-13-24(20-8-10-23(33-3)11-9-20)36-26(22)21-6-4-19(5-7-21)14-28-34-15-25(31)32/h4-14H,15-16H2,1-3H3,(H,31,32). The number of oxime groups is 1. The Kier molecular flexibility index (Phi) is 8.35. The monoisotopic (exact) mass is 519 g/mol. The second-order valence-electron chi connectivity index (χ2n) is 7.94. The average molecular weight is 520 g/mol. The van der Waals surface area contributed by atoms with Crippen LogP contribution >= 0.6 is 23.1 Å². The predicted molar refractivity (Wildman–Crippen MR) is 144 cm³/mol. The van der Waals surface area contributed by atoms with Crippen LogP contribution < -0.4 is 4.74 Å². The molecule has 4 rings (SSSR count). The van der Waals surface area contributed by atoms with Crippen molar-refractivity contribution in [3.8, 4) is 26.6 Å². The molecular formula is C27H25N3O4S2. The van der Waals surface area contributed by atoms with Gasteiger partial charge in [-0.15, -0.1) is 11.3 Å². The molecule has 36 heavy (non-hydrogen) atoms. The highest BCUT2D eigenvalue weighted by Crippen LogP contribution is 2.40. The molecule has 2 heterocycles. The zero-order chi connectivity index (χ0) is 25.5. The fraction of sp³-hybridized carbons (Fsp3) is 0.185. The van der Waals surface area contributed by atoms with Gasteiger partial charge < -0.3 is 14.7 Å². The fourth-order valence-corrected chi connectivity index (χ4v) is 5.70. The average Bonchev–Trinajstić information content (AvgIpc) is 3.29. The van der Waals surface area contributed by atoms with Gasteiger partial charge >= 0.3 is 5.97 Å². The fourth-order valence-electron chi connectivity index (χ4n) is 3.49. The van der Waals surface area contributed by atoms with E-state index in [1.165, 1.54) is 16.7 Å². The first-order valence-electron chi connectivity index (χ1n) is 11.1. The second-order valence-corrected chi connectivity index (χ2v) is 9.93. The number of aromatic nitrogens is 2. The summed E-state index contributed by atoms with van der Waals surface area (Å²) in [5, 5.41) is 13.1. The van der Waals surface area contributed by atoms with Crippen molar-refractivity contribution in [2.75, 3.05) is 13.7 Å². The van der Waals surface area contributed by atoms with Crippen LogP contribution in [0.3, 0.4) is 0 Å². The molecule has 2 aromatic carbocycles. The summed E-state index contributed by atoms with van der Waals surface area (Å²) in [6.07, 6.45) is 1.50. The third-order valence-corrected chi connectivity index (χ3v) is 7.31. The van der Waals surface area contributed by atoms with E-state index in [4.69, 9.17) is 14.7 Å². The SMILES string of the molecule is COc1ccc(-c2cc(CSc3nc(C)cc(C)n3)c(-c3ccc(C=NOCC(=O)O)cc3)s2)cc1. The molecule has 0 spiro atoms. The number of aliphatic carboxylic acids is 1. The maximum Gasteiger partial charge on any atom is 0.344 e. The zero-order valence-corrected chi connectivity index (χ0v) is 21.7. The lowest BCUT2D eigenvalue weighted by Crippen LogP contribution is -2.03. The quantitative estimate of drug-likeness (QED) is 0.115. The van der Waals surface area contributed by atoms with Gasteiger partial charge in [0.25, 0.3) is 0 Å². The van der Waals surface area contributed by atoms with E-state index in [1.54, 1.807) is 30.2 Å². The van der Waals surface area contributed by atoms with Crippen molar-refractivity contribution in [2.24, 2.45) is 5.16 Å². The minimum absolute atomic E-state index is 0.469. The maximum absolute atomic E-state index is 10.5. The molecule has 2 aromatic heterocycles. The molecule has 0 aliphatic carbocycles. The van der Waals surface area contributed by atoms with Gasteiger partial charge in [0.2, 0.25) is 6.61 Å². The van der Waals surface area contributed by atoms with Crippen molar-refractivity contribution < 1.29 is 19.5 Å². The molecule has 7 nitrogen and oxygen atoms in total. The molecular weight excluding hydrogens is 494 g/mol. The van der Waals surface area contributed by atoms with Crippen LogP contribution in [0.15, 0.2) is 71.0 Å². The largest absolute Gasteiger partial charge is 0.497 e. The van der Waals surface area contributed by atoms with Crippen LogP contribution in [0.4, 0.5) is 0 Å². The van der Waals surface area contributed by atoms with E-state index in [0.717, 1.165) is 49.6 Å². The number of carboxylic acids is 1. The summed E-state index contributed by atoms with van der Waals surface area (Å²) in [7, 11) is 1.66. The third-order valence-electron chi connectivity index (χ3n) is 5.14. The summed E-state index contributed by atoms with van der Waals surface area (Å²) in [6.45, 7) is 3.49. The van der Waals surface area contributed by atoms with Crippen LogP contribution in [0.5, 0.6) is 5.75 Å². The van der Waals surface area contributed by atoms with Crippen molar-refractivity contribution in [2.45, 2.75) is 24.8 Å². The lowest BCUT2D eigenvalue weighted by Gasteiger charge is -2.05. The zero-order valence-electron chi connectivity index (χ0n) is 20.1. The molecule has 0 amide bonds. The first-order valence-corrected chi connectivity index (χ1v) is 12.9. The number of thiophene rings is 1. The first-order chi connectivity index (χ1) is 17.4. The van der Waals surface area contributed by atoms with Crippen LogP contribution in [-0.4, -0.2) is 41.0 Å². The van der Waals surface area contributed by atoms with Gasteiger partial charge in [-0.05, 0) is 72.5 Å². The van der Waals surface area contributed by atoms with E-state index in [1.807, 2.05) is 56.3 Å². The van der Waals surface area contributed by atoms with Crippen LogP contribution in [0, 0.1) is 13.8 Å². The highest BCUT2D eigenvalue weighted by atomic mass is 32.2. The highest BCUT2D eigenvalue weighted by Gasteiger charge is 2.14. The van der Waals surface area contributed by atoms with Gasteiger partial charge in [-0.1, -0.05) is 41.2 Å². The number of nitrogens with zero attached hydrogens (tertiary/aromatic N) is 3. The van der Waals surface area contributed by atoms with E-state index in [2.05, 4.69) is 33.3 Å². The van der Waals surface area contributed by atoms with Gasteiger partial charge in [0, 0.05) is 26.9 Å². The minimum Gasteiger partial charge on any atom is -0.497 e. The van der Waals surface area contributed by atoms with Crippen LogP contribution in [0.1, 0.15) is 22.5 Å². The van der Waals surface area contributed by atoms with Crippen molar-refractivity contribution in [1.82, 2.24) is 9.97 Å². The van der Waals surface area contributed by atoms with Gasteiger partial charge in [-0.3, -0.25) is 0 Å². The Hall–Kier alpha value is -3.69. The Morgan fingerprint density at radius 1 is 1.03 bits per heavy atom. The molecule has 0 aliphatic heterocycles. The van der Waals surface area contributed by atoms with Crippen LogP contribution in [0.25, 0.3) is 20.9 Å². The Balaban J connectivity index is 1.61. The third kappa shape index (κ3) is 6.71. The molecule has 0 radical (unpaired) electrons. The summed E-state index contributed by atoms with van der Waals surface area (Å²) in [5.41, 5.74) is 6.14. The first kappa shape index (κ1) is 25.4. The molecule has 0 unspecified atom stereocenters. The number of hydrogen-bond donors (Lipinski definition) is 1. The molecule has 1 N–H and O–H groups in total. The molecule has 0 aliphatic rings. The summed E-state index contributed by atoms with van der Waals surface area (Å²) >= 11 is 3.36. The molecule has 0 bridgehead atoms. The summed E-state index contributed by atoms with van der Waals surface area (Å²) in [6, 6.07) is 20.2. The number of ether oxygens (including phenoxy) is 1. The lowest BCUT2D eigenvalue weighted by molar-refractivity contribution is -0.142. The van der Waals surface area contributed by atoms with E-state index in [9.17, 15) is 4.79 Å². The highest BCUT2D eigenvalue weighted by molar-refractivity contribution is 7.98. The van der Waals surface area contributed by atoms with E-state index < -0.39 is 12.6 Å². The Morgan fingerprint density at radius 2 is 1.69 bits per heavy atom. The van der Waals surface area contributed by atoms with Gasteiger partial charge in [0.05, 0.1) is 13.3 Å². The summed E-state index contributed by atoms with van der Waals surface area (Å²) in [4.78, 5) is 26.8. The predicted octanol–water partition coefficient (Wildman–Crippen LogP) is 6.22. The van der Waals surface area contributed by atoms with Gasteiger partial charge in [0.15, 0.2) is 5.16 Å². The number of methoxy groups -OCH3 is 1. The molecule has 0 saturated carbocycles. The molecule has 4 aromatic rings. The van der Waals surface area contributed by atoms with Gasteiger partial charge in [-0.2, -0.15) is 0 Å². The number of benzene rings is 2. The smallest absolute Gasteiger partial charge is 0.344 e. The van der Waals surface area contributed by atoms with Crippen molar-refractivity contribution in [1.29, 1.82) is 0 Å². The maximum atomic E-state index is 10.5. The van der Waals surface area contributed by atoms with Crippen molar-refractivity contribution >= 4 is 35.3 Å². The number of carbonyl (C=O) groups is 1. The van der Waals surface area contributed by atoms with Crippen molar-refractivity contribution in [3.05, 3.63) is 83.2 Å². The normalized spacial score (nSPS) is 11.1. The van der Waals surface area contributed by atoms with E-state index in [0.29, 0.717) is 0 Å². The van der Waals surface area contributed by atoms with Crippen LogP contribution in [-0.2, 0) is 15.4 Å². The van der Waals surface area contributed by atoms with Gasteiger partial charge in [-0.25, -0.2) is 14.8 Å². The molecule has 0 atom stereocenters. The van der Waals surface area contributed by atoms with E-state index >= 15 is 0 Å². The van der Waals surface area contributed by atoms with Crippen LogP contribution in [0.2, 0.25) is 0 Å². The minimum atomic E-state index is -1.07. The number of carboxylic acid groups (broad SMARTS) is 1. The molecule has 184 valence electrons. The number of aryl methyl sites for hydroxylation is 2. The lowest BCUT2D eigenvalue weighted by atomic mass is 10.1. The van der Waals surface area contributed by atoms with Gasteiger partial charge in [0.1, 0.15) is 5.75 Å². The number of hydrogen-bond acceptors (Lipinski definition) is 8.